The molecule has 2 nitrogen and oxygen atoms in total. The Bertz CT molecular complexity index is 1570. The van der Waals surface area contributed by atoms with Crippen molar-refractivity contribution >= 4 is 43.9 Å². The Morgan fingerprint density at radius 2 is 1.46 bits per heavy atom. The standard InChI is InChI=1S/C23H18ClN.C9H7N/c24-16-9-13-23(25-14-16)22-7-3-6-18-20-10-8-15-4-1-2-5-17(15)19(20)11-12-21(18)22;1-2-4-9-7-10-6-5-8(9)3-1/h1-2,4-5,8-14,22H,3,6-7H2;1-7H. The molecule has 0 spiro atoms. The molecule has 0 bridgehead atoms. The molecule has 2 heterocycles. The largest absolute Gasteiger partial charge is 0.264 e. The maximum absolute atomic E-state index is 6.02. The average Bonchev–Trinajstić information content (AvgIpc) is 2.93. The van der Waals surface area contributed by atoms with E-state index in [9.17, 15) is 0 Å². The van der Waals surface area contributed by atoms with Gasteiger partial charge in [-0.25, -0.2) is 0 Å². The van der Waals surface area contributed by atoms with Gasteiger partial charge in [0.15, 0.2) is 0 Å². The smallest absolute Gasteiger partial charge is 0.0589 e. The number of halogens is 1. The van der Waals surface area contributed by atoms with Crippen molar-refractivity contribution in [1.82, 2.24) is 9.97 Å². The zero-order chi connectivity index (χ0) is 23.6. The van der Waals surface area contributed by atoms with Crippen LogP contribution in [-0.2, 0) is 6.42 Å². The number of aryl methyl sites for hydroxylation is 1. The van der Waals surface area contributed by atoms with E-state index in [4.69, 9.17) is 11.6 Å². The van der Waals surface area contributed by atoms with Crippen LogP contribution in [0.2, 0.25) is 5.02 Å². The number of hydrogen-bond acceptors (Lipinski definition) is 2. The molecule has 1 unspecified atom stereocenters. The van der Waals surface area contributed by atoms with Crippen LogP contribution in [0.1, 0.15) is 35.6 Å². The first kappa shape index (κ1) is 21.8. The zero-order valence-corrected chi connectivity index (χ0v) is 20.1. The van der Waals surface area contributed by atoms with Gasteiger partial charge in [0.1, 0.15) is 0 Å². The lowest BCUT2D eigenvalue weighted by molar-refractivity contribution is 0.607. The fourth-order valence-corrected chi connectivity index (χ4v) is 5.45. The highest BCUT2D eigenvalue weighted by molar-refractivity contribution is 6.30. The summed E-state index contributed by atoms with van der Waals surface area (Å²) in [4.78, 5) is 8.61. The van der Waals surface area contributed by atoms with Crippen molar-refractivity contribution in [1.29, 1.82) is 0 Å². The number of hydrogen-bond donors (Lipinski definition) is 0. The topological polar surface area (TPSA) is 25.8 Å². The van der Waals surface area contributed by atoms with Gasteiger partial charge in [-0.2, -0.15) is 0 Å². The van der Waals surface area contributed by atoms with Crippen LogP contribution < -0.4 is 0 Å². The first-order valence-electron chi connectivity index (χ1n) is 12.1. The Morgan fingerprint density at radius 1 is 0.657 bits per heavy atom. The number of fused-ring (bicyclic) bond motifs is 6. The van der Waals surface area contributed by atoms with Crippen LogP contribution in [0.25, 0.3) is 32.3 Å². The van der Waals surface area contributed by atoms with E-state index in [1.807, 2.05) is 36.7 Å². The molecule has 170 valence electrons. The average molecular weight is 473 g/mol. The molecule has 0 amide bonds. The van der Waals surface area contributed by atoms with Crippen molar-refractivity contribution in [3.8, 4) is 0 Å². The van der Waals surface area contributed by atoms with Crippen molar-refractivity contribution in [3.63, 3.8) is 0 Å². The van der Waals surface area contributed by atoms with Gasteiger partial charge in [-0.1, -0.05) is 84.4 Å². The summed E-state index contributed by atoms with van der Waals surface area (Å²) in [5.41, 5.74) is 4.06. The summed E-state index contributed by atoms with van der Waals surface area (Å²) in [6.45, 7) is 0. The molecular weight excluding hydrogens is 448 g/mol. The van der Waals surface area contributed by atoms with Gasteiger partial charge in [0.05, 0.1) is 5.02 Å². The Balaban J connectivity index is 0.000000191. The van der Waals surface area contributed by atoms with Crippen molar-refractivity contribution in [3.05, 3.63) is 131 Å². The Labute approximate surface area is 210 Å². The summed E-state index contributed by atoms with van der Waals surface area (Å²) >= 11 is 6.02. The highest BCUT2D eigenvalue weighted by Crippen LogP contribution is 2.40. The lowest BCUT2D eigenvalue weighted by Gasteiger charge is -2.27. The van der Waals surface area contributed by atoms with Gasteiger partial charge in [-0.05, 0) is 80.9 Å². The number of pyridine rings is 2. The van der Waals surface area contributed by atoms with Crippen molar-refractivity contribution in [2.45, 2.75) is 25.2 Å². The highest BCUT2D eigenvalue weighted by Gasteiger charge is 2.24. The molecule has 3 heteroatoms. The van der Waals surface area contributed by atoms with Crippen LogP contribution in [0.15, 0.2) is 110 Å². The molecule has 6 aromatic rings. The van der Waals surface area contributed by atoms with Gasteiger partial charge in [-0.15, -0.1) is 0 Å². The molecule has 0 aliphatic heterocycles. The second kappa shape index (κ2) is 9.48. The van der Waals surface area contributed by atoms with Gasteiger partial charge in [0.25, 0.3) is 0 Å². The van der Waals surface area contributed by atoms with Crippen molar-refractivity contribution in [2.75, 3.05) is 0 Å². The molecule has 0 saturated carbocycles. The van der Waals surface area contributed by atoms with Crippen molar-refractivity contribution in [2.24, 2.45) is 0 Å². The molecule has 0 saturated heterocycles. The molecular formula is C32H25ClN2. The van der Waals surface area contributed by atoms with Crippen LogP contribution in [-0.4, -0.2) is 9.97 Å². The van der Waals surface area contributed by atoms with Gasteiger partial charge in [-0.3, -0.25) is 9.97 Å². The number of rotatable bonds is 1. The molecule has 1 aliphatic carbocycles. The SMILES string of the molecule is Clc1ccc(C2CCCc3c2ccc2c3ccc3ccccc32)nc1.c1ccc2cnccc2c1. The van der Waals surface area contributed by atoms with Crippen LogP contribution in [0.3, 0.4) is 0 Å². The monoisotopic (exact) mass is 472 g/mol. The maximum atomic E-state index is 6.02. The quantitative estimate of drug-likeness (QED) is 0.223. The van der Waals surface area contributed by atoms with E-state index in [-0.39, 0.29) is 0 Å². The van der Waals surface area contributed by atoms with Gasteiger partial charge in [0, 0.05) is 30.2 Å². The van der Waals surface area contributed by atoms with Crippen LogP contribution in [0.4, 0.5) is 0 Å². The Kier molecular flexibility index (Phi) is 5.89. The van der Waals surface area contributed by atoms with Gasteiger partial charge >= 0.3 is 0 Å². The number of aromatic nitrogens is 2. The minimum absolute atomic E-state index is 0.372. The number of benzene rings is 4. The normalized spacial score (nSPS) is 14.9. The molecule has 2 aromatic heterocycles. The number of nitrogens with zero attached hydrogens (tertiary/aromatic N) is 2. The molecule has 0 fully saturated rings. The van der Waals surface area contributed by atoms with Crippen molar-refractivity contribution < 1.29 is 0 Å². The first-order valence-corrected chi connectivity index (χ1v) is 12.5. The van der Waals surface area contributed by atoms with Gasteiger partial charge < -0.3 is 0 Å². The lowest BCUT2D eigenvalue weighted by Crippen LogP contribution is -2.12. The summed E-state index contributed by atoms with van der Waals surface area (Å²) in [6, 6.07) is 32.0. The van der Waals surface area contributed by atoms with Gasteiger partial charge in [0.2, 0.25) is 0 Å². The Morgan fingerprint density at radius 3 is 2.29 bits per heavy atom. The third-order valence-corrected chi connectivity index (χ3v) is 7.25. The van der Waals surface area contributed by atoms with Crippen LogP contribution in [0.5, 0.6) is 0 Å². The van der Waals surface area contributed by atoms with Crippen LogP contribution >= 0.6 is 11.6 Å². The third kappa shape index (κ3) is 4.26. The molecule has 4 aromatic carbocycles. The second-order valence-corrected chi connectivity index (χ2v) is 9.52. The zero-order valence-electron chi connectivity index (χ0n) is 19.4. The predicted octanol–water partition coefficient (Wildman–Crippen LogP) is 8.74. The summed E-state index contributed by atoms with van der Waals surface area (Å²) in [6.07, 6.45) is 8.95. The van der Waals surface area contributed by atoms with E-state index >= 15 is 0 Å². The minimum atomic E-state index is 0.372. The predicted molar refractivity (Wildman–Crippen MR) is 147 cm³/mol. The Hall–Kier alpha value is -3.75. The summed E-state index contributed by atoms with van der Waals surface area (Å²) in [5, 5.41) is 8.56. The molecule has 35 heavy (non-hydrogen) atoms. The van der Waals surface area contributed by atoms with E-state index in [1.165, 1.54) is 49.9 Å². The second-order valence-electron chi connectivity index (χ2n) is 9.08. The van der Waals surface area contributed by atoms with E-state index in [0.717, 1.165) is 18.5 Å². The van der Waals surface area contributed by atoms with E-state index < -0.39 is 0 Å². The fourth-order valence-electron chi connectivity index (χ4n) is 5.34. The van der Waals surface area contributed by atoms with E-state index in [2.05, 4.69) is 76.7 Å². The van der Waals surface area contributed by atoms with E-state index in [1.54, 1.807) is 6.20 Å². The lowest BCUT2D eigenvalue weighted by atomic mass is 9.78. The minimum Gasteiger partial charge on any atom is -0.264 e. The molecule has 1 atom stereocenters. The first-order chi connectivity index (χ1) is 17.3. The maximum Gasteiger partial charge on any atom is 0.0589 e. The van der Waals surface area contributed by atoms with E-state index in [0.29, 0.717) is 10.9 Å². The molecule has 0 radical (unpaired) electrons. The third-order valence-electron chi connectivity index (χ3n) is 7.03. The van der Waals surface area contributed by atoms with Crippen LogP contribution in [0, 0.1) is 0 Å². The molecule has 7 rings (SSSR count). The highest BCUT2D eigenvalue weighted by atomic mass is 35.5. The fraction of sp³-hybridized carbons (Fsp3) is 0.125. The molecule has 1 aliphatic rings. The molecule has 0 N–H and O–H groups in total. The summed E-state index contributed by atoms with van der Waals surface area (Å²) < 4.78 is 0. The summed E-state index contributed by atoms with van der Waals surface area (Å²) in [5.74, 6) is 0.372. The summed E-state index contributed by atoms with van der Waals surface area (Å²) in [7, 11) is 0.